The Balaban J connectivity index is 0.00000144. The van der Waals surface area contributed by atoms with Crippen LogP contribution in [0.25, 0.3) is 0 Å². The van der Waals surface area contributed by atoms with Crippen molar-refractivity contribution in [2.75, 3.05) is 13.1 Å². The Bertz CT molecular complexity index is 346. The van der Waals surface area contributed by atoms with Gasteiger partial charge in [0.1, 0.15) is 0 Å². The van der Waals surface area contributed by atoms with E-state index in [2.05, 4.69) is 23.7 Å². The summed E-state index contributed by atoms with van der Waals surface area (Å²) in [6.45, 7) is 7.64. The maximum absolute atomic E-state index is 6.11. The van der Waals surface area contributed by atoms with Gasteiger partial charge in [0.2, 0.25) is 0 Å². The third-order valence-electron chi connectivity index (χ3n) is 3.45. The Labute approximate surface area is 126 Å². The number of rotatable bonds is 3. The normalized spacial score (nSPS) is 24.2. The van der Waals surface area contributed by atoms with Crippen molar-refractivity contribution in [3.63, 3.8) is 0 Å². The molecule has 0 spiro atoms. The molecular formula is C12H23Cl2N3S. The molecule has 0 aliphatic carbocycles. The molecular weight excluding hydrogens is 289 g/mol. The van der Waals surface area contributed by atoms with Crippen LogP contribution in [0.3, 0.4) is 0 Å². The number of nitrogens with zero attached hydrogens (tertiary/aromatic N) is 2. The van der Waals surface area contributed by atoms with Gasteiger partial charge >= 0.3 is 0 Å². The van der Waals surface area contributed by atoms with Crippen LogP contribution >= 0.6 is 36.2 Å². The van der Waals surface area contributed by atoms with E-state index in [1.807, 2.05) is 6.20 Å². The SMILES string of the molecule is CCC1CN(Cc2cnc(C)s2)CCC1N.Cl.Cl. The number of nitrogens with two attached hydrogens (primary N) is 1. The van der Waals surface area contributed by atoms with Gasteiger partial charge in [-0.15, -0.1) is 36.2 Å². The number of aromatic nitrogens is 1. The van der Waals surface area contributed by atoms with Gasteiger partial charge in [0.25, 0.3) is 0 Å². The number of halogens is 2. The van der Waals surface area contributed by atoms with Crippen LogP contribution in [-0.4, -0.2) is 29.0 Å². The first-order chi connectivity index (χ1) is 7.69. The summed E-state index contributed by atoms with van der Waals surface area (Å²) in [6.07, 6.45) is 4.34. The number of aryl methyl sites for hydroxylation is 1. The summed E-state index contributed by atoms with van der Waals surface area (Å²) < 4.78 is 0. The van der Waals surface area contributed by atoms with Gasteiger partial charge in [-0.05, 0) is 19.3 Å². The lowest BCUT2D eigenvalue weighted by Crippen LogP contribution is -2.46. The molecule has 0 aromatic carbocycles. The van der Waals surface area contributed by atoms with Gasteiger partial charge in [-0.1, -0.05) is 13.3 Å². The molecule has 2 atom stereocenters. The third-order valence-corrected chi connectivity index (χ3v) is 4.35. The molecule has 1 fully saturated rings. The molecule has 6 heteroatoms. The number of piperidine rings is 1. The minimum absolute atomic E-state index is 0. The highest BCUT2D eigenvalue weighted by Crippen LogP contribution is 2.22. The van der Waals surface area contributed by atoms with Crippen LogP contribution in [-0.2, 0) is 6.54 Å². The third kappa shape index (κ3) is 4.67. The summed E-state index contributed by atoms with van der Waals surface area (Å²) in [5.41, 5.74) is 6.11. The van der Waals surface area contributed by atoms with Crippen LogP contribution in [0.15, 0.2) is 6.20 Å². The number of hydrogen-bond acceptors (Lipinski definition) is 4. The smallest absolute Gasteiger partial charge is 0.0897 e. The molecule has 0 saturated carbocycles. The lowest BCUT2D eigenvalue weighted by molar-refractivity contribution is 0.146. The molecule has 1 aromatic heterocycles. The fraction of sp³-hybridized carbons (Fsp3) is 0.750. The molecule has 2 N–H and O–H groups in total. The predicted molar refractivity (Wildman–Crippen MR) is 83.0 cm³/mol. The van der Waals surface area contributed by atoms with Crippen LogP contribution in [0.2, 0.25) is 0 Å². The molecule has 1 aliphatic heterocycles. The summed E-state index contributed by atoms with van der Waals surface area (Å²) >= 11 is 1.81. The first kappa shape index (κ1) is 18.1. The van der Waals surface area contributed by atoms with Crippen LogP contribution in [0, 0.1) is 12.8 Å². The van der Waals surface area contributed by atoms with Gasteiger partial charge in [0, 0.05) is 36.8 Å². The van der Waals surface area contributed by atoms with E-state index in [4.69, 9.17) is 5.73 Å². The van der Waals surface area contributed by atoms with Crippen LogP contribution in [0.4, 0.5) is 0 Å². The molecule has 3 nitrogen and oxygen atoms in total. The van der Waals surface area contributed by atoms with Crippen molar-refractivity contribution in [2.24, 2.45) is 11.7 Å². The summed E-state index contributed by atoms with van der Waals surface area (Å²) in [5.74, 6) is 0.669. The molecule has 2 heterocycles. The molecule has 2 unspecified atom stereocenters. The summed E-state index contributed by atoms with van der Waals surface area (Å²) in [4.78, 5) is 8.20. The molecule has 2 rings (SSSR count). The van der Waals surface area contributed by atoms with Crippen molar-refractivity contribution in [2.45, 2.75) is 39.3 Å². The van der Waals surface area contributed by atoms with Crippen LogP contribution < -0.4 is 5.73 Å². The predicted octanol–water partition coefficient (Wildman–Crippen LogP) is 2.85. The molecule has 0 bridgehead atoms. The zero-order valence-corrected chi connectivity index (χ0v) is 13.4. The van der Waals surface area contributed by atoms with Gasteiger partial charge in [-0.3, -0.25) is 4.90 Å². The Hall–Kier alpha value is 0.130. The lowest BCUT2D eigenvalue weighted by atomic mass is 9.91. The molecule has 1 aromatic rings. The van der Waals surface area contributed by atoms with Crippen molar-refractivity contribution in [3.8, 4) is 0 Å². The quantitative estimate of drug-likeness (QED) is 0.933. The second-order valence-corrected chi connectivity index (χ2v) is 6.02. The van der Waals surface area contributed by atoms with Gasteiger partial charge in [-0.2, -0.15) is 0 Å². The van der Waals surface area contributed by atoms with Crippen molar-refractivity contribution < 1.29 is 0 Å². The Morgan fingerprint density at radius 3 is 2.78 bits per heavy atom. The first-order valence-corrected chi connectivity index (χ1v) is 6.90. The minimum Gasteiger partial charge on any atom is -0.327 e. The molecule has 1 aliphatic rings. The second kappa shape index (κ2) is 8.33. The van der Waals surface area contributed by atoms with Gasteiger partial charge in [-0.25, -0.2) is 4.98 Å². The minimum atomic E-state index is 0. The topological polar surface area (TPSA) is 42.2 Å². The van der Waals surface area contributed by atoms with Crippen molar-refractivity contribution in [1.29, 1.82) is 0 Å². The van der Waals surface area contributed by atoms with Gasteiger partial charge < -0.3 is 5.73 Å². The molecule has 18 heavy (non-hydrogen) atoms. The highest BCUT2D eigenvalue weighted by Gasteiger charge is 2.25. The van der Waals surface area contributed by atoms with E-state index in [0.717, 1.165) is 31.1 Å². The first-order valence-electron chi connectivity index (χ1n) is 6.08. The van der Waals surface area contributed by atoms with E-state index in [-0.39, 0.29) is 24.8 Å². The number of hydrogen-bond donors (Lipinski definition) is 1. The van der Waals surface area contributed by atoms with E-state index in [1.165, 1.54) is 11.3 Å². The van der Waals surface area contributed by atoms with E-state index >= 15 is 0 Å². The fourth-order valence-electron chi connectivity index (χ4n) is 2.40. The summed E-state index contributed by atoms with van der Waals surface area (Å²) in [5, 5.41) is 1.16. The van der Waals surface area contributed by atoms with Crippen molar-refractivity contribution in [3.05, 3.63) is 16.1 Å². The maximum atomic E-state index is 6.11. The second-order valence-electron chi connectivity index (χ2n) is 4.70. The van der Waals surface area contributed by atoms with Crippen molar-refractivity contribution >= 4 is 36.2 Å². The largest absolute Gasteiger partial charge is 0.327 e. The van der Waals surface area contributed by atoms with Gasteiger partial charge in [0.15, 0.2) is 0 Å². The Morgan fingerprint density at radius 2 is 2.22 bits per heavy atom. The Morgan fingerprint density at radius 1 is 1.50 bits per heavy atom. The highest BCUT2D eigenvalue weighted by atomic mass is 35.5. The molecule has 0 radical (unpaired) electrons. The Kier molecular flexibility index (Phi) is 8.39. The maximum Gasteiger partial charge on any atom is 0.0897 e. The summed E-state index contributed by atoms with van der Waals surface area (Å²) in [6, 6.07) is 0.407. The zero-order chi connectivity index (χ0) is 11.5. The van der Waals surface area contributed by atoms with E-state index < -0.39 is 0 Å². The number of thiazole rings is 1. The zero-order valence-electron chi connectivity index (χ0n) is 11.0. The van der Waals surface area contributed by atoms with Crippen LogP contribution in [0.5, 0.6) is 0 Å². The average molecular weight is 312 g/mol. The fourth-order valence-corrected chi connectivity index (χ4v) is 3.24. The molecule has 1 saturated heterocycles. The standard InChI is InChI=1S/C12H21N3S.2ClH/c1-3-10-7-15(5-4-12(10)13)8-11-6-14-9(2)16-11;;/h6,10,12H,3-5,7-8,13H2,1-2H3;2*1H. The van der Waals surface area contributed by atoms with E-state index in [1.54, 1.807) is 11.3 Å². The monoisotopic (exact) mass is 311 g/mol. The summed E-state index contributed by atoms with van der Waals surface area (Å²) in [7, 11) is 0. The average Bonchev–Trinajstić information content (AvgIpc) is 2.67. The number of likely N-dealkylation sites (tertiary alicyclic amines) is 1. The van der Waals surface area contributed by atoms with Crippen molar-refractivity contribution in [1.82, 2.24) is 9.88 Å². The molecule has 106 valence electrons. The molecule has 0 amide bonds. The van der Waals surface area contributed by atoms with Crippen LogP contribution in [0.1, 0.15) is 29.7 Å². The lowest BCUT2D eigenvalue weighted by Gasteiger charge is -2.36. The van der Waals surface area contributed by atoms with E-state index in [9.17, 15) is 0 Å². The van der Waals surface area contributed by atoms with E-state index in [0.29, 0.717) is 12.0 Å². The highest BCUT2D eigenvalue weighted by molar-refractivity contribution is 7.11. The van der Waals surface area contributed by atoms with Gasteiger partial charge in [0.05, 0.1) is 5.01 Å².